The van der Waals surface area contributed by atoms with Crippen molar-refractivity contribution in [1.29, 1.82) is 0 Å². The number of benzene rings is 1. The van der Waals surface area contributed by atoms with Crippen molar-refractivity contribution in [2.75, 3.05) is 6.54 Å². The van der Waals surface area contributed by atoms with Gasteiger partial charge in [0.15, 0.2) is 0 Å². The Labute approximate surface area is 170 Å². The largest absolute Gasteiger partial charge is 0.472 e. The van der Waals surface area contributed by atoms with Crippen LogP contribution >= 0.6 is 11.3 Å². The zero-order chi connectivity index (χ0) is 20.4. The number of furan rings is 1. The molecule has 0 aliphatic heterocycles. The average molecular weight is 411 g/mol. The molecule has 0 fully saturated rings. The first-order chi connectivity index (χ1) is 14.0. The molecular weight excluding hydrogens is 393 g/mol. The Hall–Kier alpha value is -3.23. The quantitative estimate of drug-likeness (QED) is 0.509. The first-order valence-corrected chi connectivity index (χ1v) is 9.72. The van der Waals surface area contributed by atoms with Crippen molar-refractivity contribution in [1.82, 2.24) is 15.1 Å². The van der Waals surface area contributed by atoms with E-state index in [0.29, 0.717) is 27.4 Å². The van der Waals surface area contributed by atoms with Crippen LogP contribution in [0.5, 0.6) is 0 Å². The molecule has 0 bridgehead atoms. The Morgan fingerprint density at radius 3 is 2.76 bits per heavy atom. The molecular formula is C21H18FN3O3S. The molecule has 8 heteroatoms. The SMILES string of the molecule is Cn1nc(-c2ccc(F)cc2)cc1C(=O)NC[C@](O)(c1ccoc1)c1cccs1. The highest BCUT2D eigenvalue weighted by Crippen LogP contribution is 2.32. The normalized spacial score (nSPS) is 13.2. The Balaban J connectivity index is 1.55. The summed E-state index contributed by atoms with van der Waals surface area (Å²) in [5.74, 6) is -0.721. The Bertz CT molecular complexity index is 1070. The molecule has 0 unspecified atom stereocenters. The number of aliphatic hydroxyl groups is 1. The summed E-state index contributed by atoms with van der Waals surface area (Å²) in [6.45, 7) is -0.0387. The molecule has 1 aromatic carbocycles. The number of rotatable bonds is 6. The number of halogens is 1. The smallest absolute Gasteiger partial charge is 0.269 e. The van der Waals surface area contributed by atoms with Gasteiger partial charge in [-0.2, -0.15) is 5.10 Å². The van der Waals surface area contributed by atoms with E-state index in [-0.39, 0.29) is 18.3 Å². The molecule has 4 aromatic rings. The van der Waals surface area contributed by atoms with Gasteiger partial charge in [-0.05, 0) is 47.8 Å². The fraction of sp³-hybridized carbons (Fsp3) is 0.143. The third-order valence-corrected chi connectivity index (χ3v) is 5.71. The number of amides is 1. The van der Waals surface area contributed by atoms with Crippen LogP contribution in [0.2, 0.25) is 0 Å². The van der Waals surface area contributed by atoms with Gasteiger partial charge in [-0.25, -0.2) is 4.39 Å². The van der Waals surface area contributed by atoms with Gasteiger partial charge in [0.2, 0.25) is 0 Å². The molecule has 148 valence electrons. The molecule has 29 heavy (non-hydrogen) atoms. The van der Waals surface area contributed by atoms with Crippen LogP contribution in [0.15, 0.2) is 70.9 Å². The van der Waals surface area contributed by atoms with Crippen molar-refractivity contribution in [2.24, 2.45) is 7.05 Å². The van der Waals surface area contributed by atoms with Crippen LogP contribution in [0.1, 0.15) is 20.9 Å². The summed E-state index contributed by atoms with van der Waals surface area (Å²) in [5.41, 5.74) is 0.729. The highest BCUT2D eigenvalue weighted by atomic mass is 32.1. The third kappa shape index (κ3) is 3.72. The molecule has 4 rings (SSSR count). The summed E-state index contributed by atoms with van der Waals surface area (Å²) in [5, 5.41) is 20.3. The number of hydrogen-bond acceptors (Lipinski definition) is 5. The average Bonchev–Trinajstić information content (AvgIpc) is 3.48. The summed E-state index contributed by atoms with van der Waals surface area (Å²) in [6, 6.07) is 12.8. The Morgan fingerprint density at radius 1 is 1.31 bits per heavy atom. The van der Waals surface area contributed by atoms with E-state index in [1.165, 1.54) is 40.7 Å². The lowest BCUT2D eigenvalue weighted by molar-refractivity contribution is 0.0709. The van der Waals surface area contributed by atoms with Crippen LogP contribution in [0.3, 0.4) is 0 Å². The van der Waals surface area contributed by atoms with Crippen LogP contribution in [-0.4, -0.2) is 27.3 Å². The fourth-order valence-corrected chi connectivity index (χ4v) is 3.93. The lowest BCUT2D eigenvalue weighted by Crippen LogP contribution is -2.41. The molecule has 1 atom stereocenters. The predicted octanol–water partition coefficient (Wildman–Crippen LogP) is 3.55. The third-order valence-electron chi connectivity index (χ3n) is 4.68. The van der Waals surface area contributed by atoms with E-state index < -0.39 is 5.60 Å². The second kappa shape index (κ2) is 7.65. The van der Waals surface area contributed by atoms with Gasteiger partial charge in [-0.15, -0.1) is 11.3 Å². The van der Waals surface area contributed by atoms with Crippen molar-refractivity contribution >= 4 is 17.2 Å². The number of aromatic nitrogens is 2. The molecule has 0 spiro atoms. The molecule has 0 saturated carbocycles. The zero-order valence-corrected chi connectivity index (χ0v) is 16.3. The van der Waals surface area contributed by atoms with Gasteiger partial charge in [0, 0.05) is 23.1 Å². The number of thiophene rings is 1. The maximum Gasteiger partial charge on any atom is 0.269 e. The van der Waals surface area contributed by atoms with Gasteiger partial charge >= 0.3 is 0 Å². The van der Waals surface area contributed by atoms with E-state index in [4.69, 9.17) is 4.42 Å². The molecule has 0 aliphatic rings. The number of carbonyl (C=O) groups excluding carboxylic acids is 1. The van der Waals surface area contributed by atoms with Crippen LogP contribution in [0.4, 0.5) is 4.39 Å². The number of carbonyl (C=O) groups is 1. The molecule has 3 heterocycles. The van der Waals surface area contributed by atoms with Crippen LogP contribution < -0.4 is 5.32 Å². The highest BCUT2D eigenvalue weighted by molar-refractivity contribution is 7.10. The van der Waals surface area contributed by atoms with E-state index in [1.807, 2.05) is 11.4 Å². The van der Waals surface area contributed by atoms with Gasteiger partial charge in [0.25, 0.3) is 5.91 Å². The monoisotopic (exact) mass is 411 g/mol. The predicted molar refractivity (Wildman–Crippen MR) is 107 cm³/mol. The number of nitrogens with one attached hydrogen (secondary N) is 1. The summed E-state index contributed by atoms with van der Waals surface area (Å²) < 4.78 is 19.7. The molecule has 1 amide bonds. The van der Waals surface area contributed by atoms with E-state index in [1.54, 1.807) is 37.4 Å². The lowest BCUT2D eigenvalue weighted by atomic mass is 9.94. The minimum Gasteiger partial charge on any atom is -0.472 e. The standard InChI is InChI=1S/C21H18FN3O3S/c1-25-18(11-17(24-25)14-4-6-16(22)7-5-14)20(26)23-13-21(27,15-8-9-28-12-15)19-3-2-10-29-19/h2-12,27H,13H2,1H3,(H,23,26)/t21-/m0/s1. The Kier molecular flexibility index (Phi) is 5.04. The second-order valence-electron chi connectivity index (χ2n) is 6.58. The van der Waals surface area contributed by atoms with E-state index >= 15 is 0 Å². The van der Waals surface area contributed by atoms with Gasteiger partial charge in [0.1, 0.15) is 17.1 Å². The highest BCUT2D eigenvalue weighted by Gasteiger charge is 2.34. The van der Waals surface area contributed by atoms with Crippen molar-refractivity contribution in [2.45, 2.75) is 5.60 Å². The summed E-state index contributed by atoms with van der Waals surface area (Å²) in [7, 11) is 1.66. The van der Waals surface area contributed by atoms with Crippen LogP contribution in [0, 0.1) is 5.82 Å². The maximum atomic E-state index is 13.1. The van der Waals surface area contributed by atoms with E-state index in [2.05, 4.69) is 10.4 Å². The summed E-state index contributed by atoms with van der Waals surface area (Å²) in [4.78, 5) is 13.5. The maximum absolute atomic E-state index is 13.1. The number of aryl methyl sites for hydroxylation is 1. The van der Waals surface area contributed by atoms with Crippen molar-refractivity contribution < 1.29 is 18.7 Å². The van der Waals surface area contributed by atoms with Gasteiger partial charge in [0.05, 0.1) is 24.8 Å². The van der Waals surface area contributed by atoms with E-state index in [0.717, 1.165) is 0 Å². The van der Waals surface area contributed by atoms with Crippen LogP contribution in [0.25, 0.3) is 11.3 Å². The molecule has 3 aromatic heterocycles. The topological polar surface area (TPSA) is 80.3 Å². The molecule has 0 saturated heterocycles. The molecule has 6 nitrogen and oxygen atoms in total. The first kappa shape index (κ1) is 19.1. The van der Waals surface area contributed by atoms with Crippen molar-refractivity contribution in [3.8, 4) is 11.3 Å². The number of nitrogens with zero attached hydrogens (tertiary/aromatic N) is 2. The van der Waals surface area contributed by atoms with Crippen LogP contribution in [-0.2, 0) is 12.6 Å². The van der Waals surface area contributed by atoms with Crippen molar-refractivity contribution in [3.63, 3.8) is 0 Å². The first-order valence-electron chi connectivity index (χ1n) is 8.84. The summed E-state index contributed by atoms with van der Waals surface area (Å²) >= 11 is 1.39. The van der Waals surface area contributed by atoms with Gasteiger partial charge in [-0.1, -0.05) is 6.07 Å². The zero-order valence-electron chi connectivity index (χ0n) is 15.5. The number of hydrogen-bond donors (Lipinski definition) is 2. The fourth-order valence-electron chi connectivity index (χ4n) is 3.09. The minimum absolute atomic E-state index is 0.0387. The lowest BCUT2D eigenvalue weighted by Gasteiger charge is -2.26. The van der Waals surface area contributed by atoms with Gasteiger partial charge < -0.3 is 14.8 Å². The molecule has 0 radical (unpaired) electrons. The summed E-state index contributed by atoms with van der Waals surface area (Å²) in [6.07, 6.45) is 2.94. The van der Waals surface area contributed by atoms with E-state index in [9.17, 15) is 14.3 Å². The van der Waals surface area contributed by atoms with Gasteiger partial charge in [-0.3, -0.25) is 9.48 Å². The Morgan fingerprint density at radius 2 is 2.10 bits per heavy atom. The minimum atomic E-state index is -1.41. The molecule has 2 N–H and O–H groups in total. The second-order valence-corrected chi connectivity index (χ2v) is 7.53. The van der Waals surface area contributed by atoms with Crippen molar-refractivity contribution in [3.05, 3.63) is 88.4 Å². The molecule has 0 aliphatic carbocycles.